The maximum Gasteiger partial charge on any atom is 0.408 e. The van der Waals surface area contributed by atoms with Gasteiger partial charge in [-0.25, -0.2) is 4.79 Å². The summed E-state index contributed by atoms with van der Waals surface area (Å²) in [7, 11) is 0. The van der Waals surface area contributed by atoms with Crippen molar-refractivity contribution in [2.75, 3.05) is 0 Å². The number of amides is 1. The predicted molar refractivity (Wildman–Crippen MR) is 138 cm³/mol. The van der Waals surface area contributed by atoms with Crippen molar-refractivity contribution in [3.63, 3.8) is 0 Å². The van der Waals surface area contributed by atoms with E-state index in [-0.39, 0.29) is 5.97 Å². The van der Waals surface area contributed by atoms with Crippen molar-refractivity contribution < 1.29 is 23.5 Å². The van der Waals surface area contributed by atoms with Crippen molar-refractivity contribution in [1.82, 2.24) is 15.5 Å². The summed E-state index contributed by atoms with van der Waals surface area (Å²) in [6.07, 6.45) is 2.60. The Morgan fingerprint density at radius 2 is 1.58 bits per heavy atom. The van der Waals surface area contributed by atoms with Gasteiger partial charge in [0.2, 0.25) is 11.8 Å². The third-order valence-corrected chi connectivity index (χ3v) is 5.22. The van der Waals surface area contributed by atoms with E-state index in [1.54, 1.807) is 0 Å². The molecule has 1 aromatic heterocycles. The lowest BCUT2D eigenvalue weighted by Gasteiger charge is -2.22. The fraction of sp³-hybridized carbons (Fsp3) is 0.500. The van der Waals surface area contributed by atoms with Crippen LogP contribution in [0.1, 0.15) is 85.6 Å². The van der Waals surface area contributed by atoms with Gasteiger partial charge in [0.25, 0.3) is 0 Å². The van der Waals surface area contributed by atoms with E-state index in [2.05, 4.69) is 15.5 Å². The van der Waals surface area contributed by atoms with Crippen molar-refractivity contribution >= 4 is 22.8 Å². The zero-order chi connectivity index (χ0) is 26.3. The van der Waals surface area contributed by atoms with Crippen molar-refractivity contribution in [2.24, 2.45) is 0 Å². The minimum atomic E-state index is -0.632. The summed E-state index contributed by atoms with van der Waals surface area (Å²) < 4.78 is 16.8. The Balaban J connectivity index is 1.66. The molecule has 0 aliphatic rings. The number of nitrogens with one attached hydrogen (secondary N) is 1. The van der Waals surface area contributed by atoms with Gasteiger partial charge in [-0.3, -0.25) is 4.79 Å². The van der Waals surface area contributed by atoms with E-state index < -0.39 is 23.3 Å². The Morgan fingerprint density at radius 3 is 2.28 bits per heavy atom. The molecule has 0 aliphatic carbocycles. The minimum absolute atomic E-state index is 0.206. The molecule has 0 unspecified atom stereocenters. The van der Waals surface area contributed by atoms with Crippen LogP contribution in [0.15, 0.2) is 46.9 Å². The number of benzene rings is 2. The highest BCUT2D eigenvalue weighted by molar-refractivity contribution is 5.86. The first-order valence-electron chi connectivity index (χ1n) is 12.4. The lowest BCUT2D eigenvalue weighted by Crippen LogP contribution is -2.35. The number of nitrogens with zero attached hydrogens (tertiary/aromatic N) is 2. The van der Waals surface area contributed by atoms with Crippen LogP contribution >= 0.6 is 0 Å². The van der Waals surface area contributed by atoms with Gasteiger partial charge in [0.15, 0.2) is 0 Å². The molecule has 3 aromatic rings. The third-order valence-electron chi connectivity index (χ3n) is 5.22. The van der Waals surface area contributed by atoms with Crippen LogP contribution < -0.4 is 5.32 Å². The van der Waals surface area contributed by atoms with Gasteiger partial charge < -0.3 is 19.2 Å². The number of ether oxygens (including phenoxy) is 2. The molecule has 194 valence electrons. The molecule has 36 heavy (non-hydrogen) atoms. The van der Waals surface area contributed by atoms with Gasteiger partial charge in [-0.2, -0.15) is 0 Å². The summed E-state index contributed by atoms with van der Waals surface area (Å²) in [5, 5.41) is 13.5. The zero-order valence-electron chi connectivity index (χ0n) is 22.1. The zero-order valence-corrected chi connectivity index (χ0v) is 22.1. The minimum Gasteiger partial charge on any atom is -0.460 e. The number of hydrogen-bond acceptors (Lipinski definition) is 7. The highest BCUT2D eigenvalue weighted by Gasteiger charge is 2.25. The SMILES string of the molecule is CC(C)(C)OC(=O)CCCCC[C@H](NC(=O)OC(C)(C)C)c1nnc(-c2ccc3ccccc3c2)o1. The van der Waals surface area contributed by atoms with Gasteiger partial charge >= 0.3 is 12.1 Å². The average Bonchev–Trinajstić information content (AvgIpc) is 3.25. The highest BCUT2D eigenvalue weighted by atomic mass is 16.6. The second-order valence-electron chi connectivity index (χ2n) is 10.9. The second-order valence-corrected chi connectivity index (χ2v) is 10.9. The molecule has 1 heterocycles. The summed E-state index contributed by atoms with van der Waals surface area (Å²) in [4.78, 5) is 24.4. The number of esters is 1. The first-order valence-corrected chi connectivity index (χ1v) is 12.4. The lowest BCUT2D eigenvalue weighted by molar-refractivity contribution is -0.154. The number of alkyl carbamates (subject to hydrolysis) is 1. The topological polar surface area (TPSA) is 104 Å². The van der Waals surface area contributed by atoms with Gasteiger partial charge in [0.1, 0.15) is 17.2 Å². The molecule has 0 fully saturated rings. The van der Waals surface area contributed by atoms with E-state index in [4.69, 9.17) is 13.9 Å². The summed E-state index contributed by atoms with van der Waals surface area (Å²) in [6.45, 7) is 11.0. The number of hydrogen-bond donors (Lipinski definition) is 1. The van der Waals surface area contributed by atoms with Gasteiger partial charge in [-0.05, 0) is 77.3 Å². The molecular formula is C28H37N3O5. The van der Waals surface area contributed by atoms with Crippen LogP contribution in [0, 0.1) is 0 Å². The van der Waals surface area contributed by atoms with Gasteiger partial charge in [0.05, 0.1) is 0 Å². The summed E-state index contributed by atoms with van der Waals surface area (Å²) in [6, 6.07) is 13.5. The second kappa shape index (κ2) is 11.5. The smallest absolute Gasteiger partial charge is 0.408 e. The monoisotopic (exact) mass is 495 g/mol. The fourth-order valence-corrected chi connectivity index (χ4v) is 3.71. The van der Waals surface area contributed by atoms with Crippen molar-refractivity contribution in [2.45, 2.75) is 90.9 Å². The number of rotatable bonds is 9. The van der Waals surface area contributed by atoms with Crippen molar-refractivity contribution in [3.05, 3.63) is 48.4 Å². The van der Waals surface area contributed by atoms with E-state index in [0.29, 0.717) is 31.0 Å². The van der Waals surface area contributed by atoms with E-state index in [0.717, 1.165) is 29.2 Å². The van der Waals surface area contributed by atoms with Crippen LogP contribution in [0.25, 0.3) is 22.2 Å². The van der Waals surface area contributed by atoms with Crippen LogP contribution in [0.4, 0.5) is 4.79 Å². The van der Waals surface area contributed by atoms with Gasteiger partial charge in [0, 0.05) is 12.0 Å². The Bertz CT molecular complexity index is 1170. The predicted octanol–water partition coefficient (Wildman–Crippen LogP) is 6.75. The van der Waals surface area contributed by atoms with Crippen LogP contribution in [-0.4, -0.2) is 33.5 Å². The molecule has 3 rings (SSSR count). The molecule has 1 N–H and O–H groups in total. The highest BCUT2D eigenvalue weighted by Crippen LogP contribution is 2.27. The molecule has 0 radical (unpaired) electrons. The maximum absolute atomic E-state index is 12.5. The maximum atomic E-state index is 12.5. The van der Waals surface area contributed by atoms with Crippen molar-refractivity contribution in [1.29, 1.82) is 0 Å². The quantitative estimate of drug-likeness (QED) is 0.259. The standard InChI is InChI=1S/C28H37N3O5/c1-27(2,3)35-23(32)15-9-7-8-14-22(29-26(33)36-28(4,5)6)25-31-30-24(34-25)21-17-16-19-12-10-11-13-20(19)18-21/h10-13,16-18,22H,7-9,14-15H2,1-6H3,(H,29,33)/t22-/m0/s1. The molecule has 2 aromatic carbocycles. The van der Waals surface area contributed by atoms with E-state index >= 15 is 0 Å². The Morgan fingerprint density at radius 1 is 0.889 bits per heavy atom. The van der Waals surface area contributed by atoms with E-state index in [9.17, 15) is 9.59 Å². The van der Waals surface area contributed by atoms with Crippen LogP contribution in [0.2, 0.25) is 0 Å². The molecule has 0 saturated heterocycles. The number of aromatic nitrogens is 2. The number of fused-ring (bicyclic) bond motifs is 1. The molecule has 0 saturated carbocycles. The summed E-state index contributed by atoms with van der Waals surface area (Å²) >= 11 is 0. The first-order chi connectivity index (χ1) is 16.9. The van der Waals surface area contributed by atoms with Crippen LogP contribution in [-0.2, 0) is 14.3 Å². The lowest BCUT2D eigenvalue weighted by atomic mass is 10.1. The Kier molecular flexibility index (Phi) is 8.71. The fourth-order valence-electron chi connectivity index (χ4n) is 3.71. The summed E-state index contributed by atoms with van der Waals surface area (Å²) in [5.74, 6) is 0.496. The molecule has 0 spiro atoms. The number of carbonyl (C=O) groups is 2. The normalized spacial score (nSPS) is 12.8. The molecular weight excluding hydrogens is 458 g/mol. The molecule has 1 atom stereocenters. The largest absolute Gasteiger partial charge is 0.460 e. The average molecular weight is 496 g/mol. The number of carbonyl (C=O) groups excluding carboxylic acids is 2. The Labute approximate surface area is 212 Å². The molecule has 8 heteroatoms. The van der Waals surface area contributed by atoms with Gasteiger partial charge in [-0.15, -0.1) is 10.2 Å². The molecule has 1 amide bonds. The third kappa shape index (κ3) is 8.66. The van der Waals surface area contributed by atoms with Gasteiger partial charge in [-0.1, -0.05) is 43.2 Å². The first kappa shape index (κ1) is 27.2. The van der Waals surface area contributed by atoms with E-state index in [1.807, 2.05) is 84.0 Å². The summed E-state index contributed by atoms with van der Waals surface area (Å²) in [5.41, 5.74) is -0.311. The van der Waals surface area contributed by atoms with Crippen LogP contribution in [0.5, 0.6) is 0 Å². The number of unbranched alkanes of at least 4 members (excludes halogenated alkanes) is 2. The Hall–Kier alpha value is -3.42. The van der Waals surface area contributed by atoms with Crippen molar-refractivity contribution in [3.8, 4) is 11.5 Å². The molecule has 8 nitrogen and oxygen atoms in total. The van der Waals surface area contributed by atoms with Crippen LogP contribution in [0.3, 0.4) is 0 Å². The van der Waals surface area contributed by atoms with E-state index in [1.165, 1.54) is 0 Å². The molecule has 0 aliphatic heterocycles. The molecule has 0 bridgehead atoms.